The monoisotopic (exact) mass is 377 g/mol. The highest BCUT2D eigenvalue weighted by molar-refractivity contribution is 6.31. The maximum absolute atomic E-state index is 12.6. The van der Waals surface area contributed by atoms with E-state index < -0.39 is 0 Å². The minimum Gasteiger partial charge on any atom is -0.455 e. The van der Waals surface area contributed by atoms with E-state index >= 15 is 0 Å². The summed E-state index contributed by atoms with van der Waals surface area (Å²) in [7, 11) is 1.83. The highest BCUT2D eigenvalue weighted by Gasteiger charge is 2.16. The minimum atomic E-state index is 0.0269. The zero-order chi connectivity index (χ0) is 19.0. The number of para-hydroxylation sites is 1. The number of carbonyl (C=O) groups is 1. The fraction of sp³-hybridized carbons (Fsp3) is 0.174. The molecule has 4 aromatic rings. The molecule has 0 fully saturated rings. The van der Waals surface area contributed by atoms with Gasteiger partial charge in [0.1, 0.15) is 11.2 Å². The van der Waals surface area contributed by atoms with Crippen molar-refractivity contribution in [1.82, 2.24) is 4.90 Å². The second-order valence-corrected chi connectivity index (χ2v) is 7.17. The summed E-state index contributed by atoms with van der Waals surface area (Å²) in [5.41, 5.74) is 4.25. The summed E-state index contributed by atoms with van der Waals surface area (Å²) in [5, 5.41) is 2.63. The van der Waals surface area contributed by atoms with Crippen LogP contribution in [-0.2, 0) is 0 Å². The molecule has 0 saturated carbocycles. The van der Waals surface area contributed by atoms with Crippen LogP contribution in [0.3, 0.4) is 0 Å². The normalized spacial score (nSPS) is 11.2. The van der Waals surface area contributed by atoms with Gasteiger partial charge in [0.2, 0.25) is 0 Å². The Morgan fingerprint density at radius 1 is 1.04 bits per heavy atom. The summed E-state index contributed by atoms with van der Waals surface area (Å²) in [5.74, 6) is 0.0269. The third kappa shape index (κ3) is 3.19. The molecule has 0 N–H and O–H groups in total. The van der Waals surface area contributed by atoms with E-state index in [2.05, 4.69) is 6.92 Å². The topological polar surface area (TPSA) is 33.5 Å². The lowest BCUT2D eigenvalue weighted by atomic mass is 10.0. The van der Waals surface area contributed by atoms with Crippen LogP contribution in [0.5, 0.6) is 0 Å². The molecule has 4 heteroatoms. The Kier molecular flexibility index (Phi) is 4.63. The molecule has 1 aromatic heterocycles. The van der Waals surface area contributed by atoms with Gasteiger partial charge in [-0.25, -0.2) is 0 Å². The van der Waals surface area contributed by atoms with Crippen LogP contribution in [0.2, 0.25) is 5.02 Å². The predicted octanol–water partition coefficient (Wildman–Crippen LogP) is 6.39. The Morgan fingerprint density at radius 2 is 1.85 bits per heavy atom. The van der Waals surface area contributed by atoms with Crippen molar-refractivity contribution in [3.05, 3.63) is 71.2 Å². The number of rotatable bonds is 4. The lowest BCUT2D eigenvalue weighted by Crippen LogP contribution is -2.27. The molecule has 0 spiro atoms. The van der Waals surface area contributed by atoms with Crippen molar-refractivity contribution in [1.29, 1.82) is 0 Å². The van der Waals surface area contributed by atoms with Gasteiger partial charge in [-0.2, -0.15) is 0 Å². The van der Waals surface area contributed by atoms with Crippen LogP contribution in [0.25, 0.3) is 33.1 Å². The van der Waals surface area contributed by atoms with Crippen molar-refractivity contribution in [2.45, 2.75) is 13.3 Å². The second-order valence-electron chi connectivity index (χ2n) is 6.73. The molecule has 1 amide bonds. The van der Waals surface area contributed by atoms with Crippen molar-refractivity contribution in [2.24, 2.45) is 0 Å². The molecule has 136 valence electrons. The predicted molar refractivity (Wildman–Crippen MR) is 111 cm³/mol. The highest BCUT2D eigenvalue weighted by atomic mass is 35.5. The van der Waals surface area contributed by atoms with Crippen LogP contribution in [0.1, 0.15) is 23.7 Å². The third-order valence-electron chi connectivity index (χ3n) is 4.79. The van der Waals surface area contributed by atoms with Gasteiger partial charge in [-0.1, -0.05) is 48.9 Å². The van der Waals surface area contributed by atoms with E-state index in [-0.39, 0.29) is 5.91 Å². The molecule has 1 heterocycles. The number of halogens is 1. The average molecular weight is 378 g/mol. The maximum Gasteiger partial charge on any atom is 0.253 e. The Balaban J connectivity index is 1.87. The first kappa shape index (κ1) is 17.6. The first-order valence-corrected chi connectivity index (χ1v) is 9.43. The summed E-state index contributed by atoms with van der Waals surface area (Å²) in [6.45, 7) is 2.80. The number of hydrogen-bond acceptors (Lipinski definition) is 2. The smallest absolute Gasteiger partial charge is 0.253 e. The quantitative estimate of drug-likeness (QED) is 0.413. The number of fused-ring (bicyclic) bond motifs is 3. The molecule has 0 atom stereocenters. The van der Waals surface area contributed by atoms with Crippen molar-refractivity contribution >= 4 is 39.4 Å². The Bertz CT molecular complexity index is 1150. The molecular weight excluding hydrogens is 358 g/mol. The molecular formula is C23H20ClNO2. The number of carbonyl (C=O) groups excluding carboxylic acids is 1. The van der Waals surface area contributed by atoms with E-state index in [0.29, 0.717) is 10.6 Å². The summed E-state index contributed by atoms with van der Waals surface area (Å²) in [6, 6.07) is 19.4. The Hall–Kier alpha value is -2.78. The van der Waals surface area contributed by atoms with Crippen LogP contribution in [0, 0.1) is 0 Å². The van der Waals surface area contributed by atoms with Gasteiger partial charge in [0.05, 0.1) is 0 Å². The van der Waals surface area contributed by atoms with E-state index in [1.54, 1.807) is 4.90 Å². The number of hydrogen-bond donors (Lipinski definition) is 0. The summed E-state index contributed by atoms with van der Waals surface area (Å²) < 4.78 is 6.15. The standard InChI is InChI=1S/C23H20ClNO2/c1-3-12-25(2)23(26)16-10-11-21-20(14-16)19-9-5-8-18(22(19)27-21)15-6-4-7-17(24)13-15/h4-11,13-14H,3,12H2,1-2H3. The molecule has 0 unspecified atom stereocenters. The zero-order valence-corrected chi connectivity index (χ0v) is 16.1. The van der Waals surface area contributed by atoms with Gasteiger partial charge >= 0.3 is 0 Å². The molecule has 0 radical (unpaired) electrons. The number of amides is 1. The third-order valence-corrected chi connectivity index (χ3v) is 5.02. The van der Waals surface area contributed by atoms with E-state index in [9.17, 15) is 4.79 Å². The van der Waals surface area contributed by atoms with Gasteiger partial charge in [0.15, 0.2) is 0 Å². The van der Waals surface area contributed by atoms with Gasteiger partial charge in [0.25, 0.3) is 5.91 Å². The Labute approximate surface area is 163 Å². The lowest BCUT2D eigenvalue weighted by molar-refractivity contribution is 0.0795. The Morgan fingerprint density at radius 3 is 2.63 bits per heavy atom. The molecule has 4 rings (SSSR count). The van der Waals surface area contributed by atoms with Crippen molar-refractivity contribution < 1.29 is 9.21 Å². The van der Waals surface area contributed by atoms with Crippen LogP contribution in [-0.4, -0.2) is 24.4 Å². The summed E-state index contributed by atoms with van der Waals surface area (Å²) >= 11 is 6.16. The van der Waals surface area contributed by atoms with Gasteiger partial charge in [-0.15, -0.1) is 0 Å². The van der Waals surface area contributed by atoms with Crippen molar-refractivity contribution in [3.8, 4) is 11.1 Å². The van der Waals surface area contributed by atoms with Crippen LogP contribution >= 0.6 is 11.6 Å². The molecule has 0 bridgehead atoms. The van der Waals surface area contributed by atoms with E-state index in [0.717, 1.165) is 46.0 Å². The lowest BCUT2D eigenvalue weighted by Gasteiger charge is -2.15. The van der Waals surface area contributed by atoms with Gasteiger partial charge in [-0.3, -0.25) is 4.79 Å². The summed E-state index contributed by atoms with van der Waals surface area (Å²) in [6.07, 6.45) is 0.933. The van der Waals surface area contributed by atoms with Crippen LogP contribution in [0.4, 0.5) is 0 Å². The van der Waals surface area contributed by atoms with Crippen LogP contribution in [0.15, 0.2) is 65.1 Å². The number of furan rings is 1. The van der Waals surface area contributed by atoms with Crippen molar-refractivity contribution in [3.63, 3.8) is 0 Å². The zero-order valence-electron chi connectivity index (χ0n) is 15.3. The molecule has 27 heavy (non-hydrogen) atoms. The fourth-order valence-electron chi connectivity index (χ4n) is 3.47. The van der Waals surface area contributed by atoms with Gasteiger partial charge in [0, 0.05) is 40.5 Å². The highest BCUT2D eigenvalue weighted by Crippen LogP contribution is 2.36. The van der Waals surface area contributed by atoms with E-state index in [4.69, 9.17) is 16.0 Å². The minimum absolute atomic E-state index is 0.0269. The fourth-order valence-corrected chi connectivity index (χ4v) is 3.66. The molecule has 0 aliphatic carbocycles. The maximum atomic E-state index is 12.6. The number of benzene rings is 3. The van der Waals surface area contributed by atoms with E-state index in [1.165, 1.54) is 0 Å². The SMILES string of the molecule is CCCN(C)C(=O)c1ccc2oc3c(-c4cccc(Cl)c4)cccc3c2c1. The second kappa shape index (κ2) is 7.09. The van der Waals surface area contributed by atoms with Crippen LogP contribution < -0.4 is 0 Å². The van der Waals surface area contributed by atoms with Gasteiger partial charge in [-0.05, 0) is 42.3 Å². The molecule has 0 aliphatic rings. The first-order valence-electron chi connectivity index (χ1n) is 9.05. The average Bonchev–Trinajstić information content (AvgIpc) is 3.05. The molecule has 0 saturated heterocycles. The molecule has 0 aliphatic heterocycles. The number of nitrogens with zero attached hydrogens (tertiary/aromatic N) is 1. The van der Waals surface area contributed by atoms with Gasteiger partial charge < -0.3 is 9.32 Å². The largest absolute Gasteiger partial charge is 0.455 e. The molecule has 3 aromatic carbocycles. The van der Waals surface area contributed by atoms with Crippen molar-refractivity contribution in [2.75, 3.05) is 13.6 Å². The summed E-state index contributed by atoms with van der Waals surface area (Å²) in [4.78, 5) is 14.4. The molecule has 3 nitrogen and oxygen atoms in total. The van der Waals surface area contributed by atoms with E-state index in [1.807, 2.05) is 67.7 Å². The first-order chi connectivity index (χ1) is 13.1.